The molecule has 0 amide bonds. The number of rotatable bonds is 4. The number of fused-ring (bicyclic) bond motifs is 7. The van der Waals surface area contributed by atoms with Crippen LogP contribution in [0.4, 0.5) is 29.1 Å². The van der Waals surface area contributed by atoms with Crippen LogP contribution in [0.15, 0.2) is 24.3 Å². The van der Waals surface area contributed by atoms with E-state index in [2.05, 4.69) is 21.1 Å². The Bertz CT molecular complexity index is 2080. The number of anilines is 2. The number of pyridine rings is 1. The first kappa shape index (κ1) is 29.9. The number of alkyl halides is 2. The Morgan fingerprint density at radius 2 is 1.85 bits per heavy atom. The highest BCUT2D eigenvalue weighted by Crippen LogP contribution is 2.51. The third-order valence-corrected chi connectivity index (χ3v) is 11.5. The van der Waals surface area contributed by atoms with E-state index >= 15 is 17.6 Å². The number of halogens is 4. The third kappa shape index (κ3) is 4.19. The summed E-state index contributed by atoms with van der Waals surface area (Å²) in [5.41, 5.74) is 6.82. The van der Waals surface area contributed by atoms with Gasteiger partial charge in [0, 0.05) is 29.5 Å². The van der Waals surface area contributed by atoms with Crippen LogP contribution in [-0.2, 0) is 6.42 Å². The maximum Gasteiger partial charge on any atom is 0.319 e. The van der Waals surface area contributed by atoms with Crippen molar-refractivity contribution in [1.29, 1.82) is 0 Å². The molecular weight excluding hydrogens is 622 g/mol. The predicted molar refractivity (Wildman–Crippen MR) is 175 cm³/mol. The van der Waals surface area contributed by atoms with Crippen molar-refractivity contribution in [3.8, 4) is 29.6 Å². The molecule has 5 aliphatic rings. The van der Waals surface area contributed by atoms with Gasteiger partial charge in [-0.2, -0.15) is 9.97 Å². The van der Waals surface area contributed by atoms with Gasteiger partial charge in [0.05, 0.1) is 34.8 Å². The maximum absolute atomic E-state index is 17.2. The van der Waals surface area contributed by atoms with Crippen molar-refractivity contribution in [2.75, 3.05) is 36.9 Å². The average Bonchev–Trinajstić information content (AvgIpc) is 3.68. The second-order valence-electron chi connectivity index (χ2n) is 14.4. The molecule has 4 atom stereocenters. The van der Waals surface area contributed by atoms with E-state index in [-0.39, 0.29) is 70.9 Å². The molecule has 2 aromatic carbocycles. The Kier molecular flexibility index (Phi) is 6.32. The summed E-state index contributed by atoms with van der Waals surface area (Å²) in [6.07, 6.45) is 10.1. The highest BCUT2D eigenvalue weighted by Gasteiger charge is 2.62. The second kappa shape index (κ2) is 10.2. The van der Waals surface area contributed by atoms with Crippen LogP contribution in [0.1, 0.15) is 56.7 Å². The summed E-state index contributed by atoms with van der Waals surface area (Å²) >= 11 is 0. The van der Waals surface area contributed by atoms with E-state index < -0.39 is 35.2 Å². The number of nitrogen functional groups attached to an aromatic ring is 1. The number of piperazine rings is 1. The molecule has 3 N–H and O–H groups in total. The molecule has 248 valence electrons. The van der Waals surface area contributed by atoms with Gasteiger partial charge >= 0.3 is 6.01 Å². The van der Waals surface area contributed by atoms with Crippen molar-refractivity contribution < 1.29 is 22.3 Å². The highest BCUT2D eigenvalue weighted by molar-refractivity contribution is 6.04. The normalized spacial score (nSPS) is 28.8. The van der Waals surface area contributed by atoms with Gasteiger partial charge in [-0.05, 0) is 74.7 Å². The van der Waals surface area contributed by atoms with E-state index in [4.69, 9.17) is 26.9 Å². The van der Waals surface area contributed by atoms with E-state index in [1.165, 1.54) is 18.2 Å². The number of hydrogen-bond donors (Lipinski definition) is 2. The number of hydrogen-bond acceptors (Lipinski definition) is 8. The van der Waals surface area contributed by atoms with Gasteiger partial charge < -0.3 is 15.4 Å². The Morgan fingerprint density at radius 3 is 2.62 bits per heavy atom. The zero-order valence-electron chi connectivity index (χ0n) is 26.6. The van der Waals surface area contributed by atoms with Crippen LogP contribution in [-0.4, -0.2) is 69.3 Å². The number of aromatic nitrogens is 3. The molecule has 0 spiro atoms. The molecule has 4 aromatic rings. The van der Waals surface area contributed by atoms with Crippen LogP contribution in [0.25, 0.3) is 32.9 Å². The van der Waals surface area contributed by atoms with Gasteiger partial charge in [-0.1, -0.05) is 18.9 Å². The number of ether oxygens (including phenoxy) is 1. The molecule has 48 heavy (non-hydrogen) atoms. The van der Waals surface area contributed by atoms with Gasteiger partial charge in [0.2, 0.25) is 0 Å². The summed E-state index contributed by atoms with van der Waals surface area (Å²) in [4.78, 5) is 18.4. The van der Waals surface area contributed by atoms with Crippen LogP contribution >= 0.6 is 0 Å². The SMILES string of the molecule is C#Cc1c(F)ccc2cc(N)cc(-c3nc4c5c(nc(OCC67CCCN6CCC7)nc5c3F)N3C[C@@]5(F)CC[C@](F)(N5)[C@@H]3[C@@H](C)C4)c12. The molecule has 8 nitrogen and oxygen atoms in total. The molecule has 0 saturated carbocycles. The number of nitrogens with one attached hydrogen (secondary N) is 1. The monoisotopic (exact) mass is 657 g/mol. The fraction of sp³-hybridized carbons (Fsp3) is 0.472. The molecule has 0 radical (unpaired) electrons. The van der Waals surface area contributed by atoms with E-state index in [9.17, 15) is 0 Å². The number of terminal acetylenes is 1. The molecule has 4 fully saturated rings. The average molecular weight is 658 g/mol. The van der Waals surface area contributed by atoms with E-state index in [0.717, 1.165) is 38.8 Å². The summed E-state index contributed by atoms with van der Waals surface area (Å²) in [5.74, 6) is -3.24. The van der Waals surface area contributed by atoms with Crippen LogP contribution in [0.3, 0.4) is 0 Å². The van der Waals surface area contributed by atoms with Crippen molar-refractivity contribution in [3.05, 3.63) is 47.2 Å². The molecule has 5 aliphatic heterocycles. The Morgan fingerprint density at radius 1 is 1.06 bits per heavy atom. The van der Waals surface area contributed by atoms with Gasteiger partial charge in [0.25, 0.3) is 0 Å². The lowest BCUT2D eigenvalue weighted by molar-refractivity contribution is -0.00286. The number of nitrogens with two attached hydrogens (primary N) is 1. The van der Waals surface area contributed by atoms with E-state index in [1.807, 2.05) is 6.92 Å². The van der Waals surface area contributed by atoms with Crippen molar-refractivity contribution in [2.24, 2.45) is 5.92 Å². The van der Waals surface area contributed by atoms with Gasteiger partial charge in [0.1, 0.15) is 29.5 Å². The van der Waals surface area contributed by atoms with Gasteiger partial charge in [0.15, 0.2) is 17.4 Å². The predicted octanol–water partition coefficient (Wildman–Crippen LogP) is 5.79. The molecule has 2 bridgehead atoms. The number of nitrogens with zero attached hydrogens (tertiary/aromatic N) is 5. The zero-order valence-corrected chi connectivity index (χ0v) is 26.6. The maximum atomic E-state index is 17.2. The van der Waals surface area contributed by atoms with Crippen molar-refractivity contribution in [1.82, 2.24) is 25.2 Å². The molecule has 4 saturated heterocycles. The Balaban J connectivity index is 1.29. The topological polar surface area (TPSA) is 92.4 Å². The minimum atomic E-state index is -2.04. The van der Waals surface area contributed by atoms with E-state index in [0.29, 0.717) is 28.8 Å². The fourth-order valence-corrected chi connectivity index (χ4v) is 9.47. The first-order valence-electron chi connectivity index (χ1n) is 16.7. The summed E-state index contributed by atoms with van der Waals surface area (Å²) < 4.78 is 71.3. The molecule has 9 rings (SSSR count). The second-order valence-corrected chi connectivity index (χ2v) is 14.4. The first-order chi connectivity index (χ1) is 23.0. The summed E-state index contributed by atoms with van der Waals surface area (Å²) in [6, 6.07) is 5.07. The lowest BCUT2D eigenvalue weighted by Crippen LogP contribution is -2.69. The molecular formula is C36H35F4N7O. The van der Waals surface area contributed by atoms with Crippen LogP contribution in [0.2, 0.25) is 0 Å². The van der Waals surface area contributed by atoms with Gasteiger partial charge in [-0.15, -0.1) is 6.42 Å². The largest absolute Gasteiger partial charge is 0.461 e. The Hall–Kier alpha value is -4.21. The summed E-state index contributed by atoms with van der Waals surface area (Å²) in [6.45, 7) is 4.01. The van der Waals surface area contributed by atoms with Crippen LogP contribution < -0.4 is 20.7 Å². The molecule has 0 unspecified atom stereocenters. The van der Waals surface area contributed by atoms with Crippen molar-refractivity contribution >= 4 is 33.2 Å². The Labute approximate surface area is 275 Å². The fourth-order valence-electron chi connectivity index (χ4n) is 9.47. The van der Waals surface area contributed by atoms with Gasteiger partial charge in [-0.3, -0.25) is 4.90 Å². The standard InChI is InChI=1S/C36H35F4N7O/c1-3-22-24(37)7-6-20-15-21(41)16-23(26(20)22)29-28(38)30-27-25(42-29)14-19(2)31-36(40)11-10-35(39,45-36)17-47(31)32(27)44-33(43-30)48-18-34-8-4-12-46(34)13-5-9-34/h1,6-7,15-16,19,31,45H,4-5,8-14,17-18,41H2,2H3/t19-,31-,35+,36-/m0/s1. The zero-order chi connectivity index (χ0) is 33.2. The highest BCUT2D eigenvalue weighted by atomic mass is 19.2. The summed E-state index contributed by atoms with van der Waals surface area (Å²) in [5, 5.41) is 3.73. The van der Waals surface area contributed by atoms with Gasteiger partial charge in [-0.25, -0.2) is 27.9 Å². The molecule has 2 aromatic heterocycles. The van der Waals surface area contributed by atoms with Crippen molar-refractivity contribution in [3.63, 3.8) is 0 Å². The summed E-state index contributed by atoms with van der Waals surface area (Å²) in [7, 11) is 0. The molecule has 7 heterocycles. The van der Waals surface area contributed by atoms with E-state index in [1.54, 1.807) is 11.0 Å². The minimum absolute atomic E-state index is 0.00807. The quantitative estimate of drug-likeness (QED) is 0.123. The first-order valence-corrected chi connectivity index (χ1v) is 16.7. The van der Waals surface area contributed by atoms with Crippen LogP contribution in [0.5, 0.6) is 6.01 Å². The smallest absolute Gasteiger partial charge is 0.319 e. The lowest BCUT2D eigenvalue weighted by atomic mass is 9.87. The minimum Gasteiger partial charge on any atom is -0.461 e. The lowest BCUT2D eigenvalue weighted by Gasteiger charge is -2.48. The van der Waals surface area contributed by atoms with Crippen molar-refractivity contribution in [2.45, 2.75) is 75.0 Å². The number of benzene rings is 2. The molecule has 0 aliphatic carbocycles. The van der Waals surface area contributed by atoms with Crippen LogP contribution in [0, 0.1) is 29.9 Å². The third-order valence-electron chi connectivity index (χ3n) is 11.5. The molecule has 12 heteroatoms.